The minimum Gasteiger partial charge on any atom is -0.481 e. The van der Waals surface area contributed by atoms with E-state index in [2.05, 4.69) is 5.32 Å². The van der Waals surface area contributed by atoms with E-state index in [0.717, 1.165) is 19.3 Å². The van der Waals surface area contributed by atoms with E-state index in [9.17, 15) is 19.2 Å². The maximum absolute atomic E-state index is 11.8. The number of aliphatic carboxylic acids is 2. The first kappa shape index (κ1) is 19.9. The average Bonchev–Trinajstić information content (AvgIpc) is 2.41. The van der Waals surface area contributed by atoms with Crippen molar-refractivity contribution in [3.63, 3.8) is 0 Å². The number of hydrogen-bond donors (Lipinski definition) is 3. The van der Waals surface area contributed by atoms with E-state index in [-0.39, 0.29) is 25.3 Å². The zero-order chi connectivity index (χ0) is 17.1. The first-order chi connectivity index (χ1) is 10.3. The molecule has 0 spiro atoms. The van der Waals surface area contributed by atoms with Crippen molar-refractivity contribution in [2.24, 2.45) is 0 Å². The largest absolute Gasteiger partial charge is 0.481 e. The van der Waals surface area contributed by atoms with E-state index < -0.39 is 23.9 Å². The summed E-state index contributed by atoms with van der Waals surface area (Å²) >= 11 is 0. The molecule has 0 saturated heterocycles. The molecule has 0 aliphatic rings. The lowest BCUT2D eigenvalue weighted by Crippen LogP contribution is -2.47. The van der Waals surface area contributed by atoms with Crippen LogP contribution in [0.25, 0.3) is 0 Å². The highest BCUT2D eigenvalue weighted by Gasteiger charge is 2.22. The lowest BCUT2D eigenvalue weighted by Gasteiger charge is -2.22. The zero-order valence-corrected chi connectivity index (χ0v) is 13.0. The molecular weight excluding hydrogens is 292 g/mol. The Hall–Kier alpha value is -2.12. The number of amides is 2. The Labute approximate surface area is 129 Å². The Kier molecular flexibility index (Phi) is 9.56. The van der Waals surface area contributed by atoms with E-state index in [1.807, 2.05) is 6.92 Å². The molecule has 0 aromatic heterocycles. The van der Waals surface area contributed by atoms with Gasteiger partial charge in [0, 0.05) is 19.9 Å². The monoisotopic (exact) mass is 316 g/mol. The summed E-state index contributed by atoms with van der Waals surface area (Å²) in [7, 11) is 0. The van der Waals surface area contributed by atoms with Crippen molar-refractivity contribution in [1.82, 2.24) is 10.2 Å². The van der Waals surface area contributed by atoms with Gasteiger partial charge in [-0.15, -0.1) is 0 Å². The minimum absolute atomic E-state index is 0.202. The molecule has 0 heterocycles. The average molecular weight is 316 g/mol. The van der Waals surface area contributed by atoms with Crippen molar-refractivity contribution in [2.45, 2.75) is 52.0 Å². The van der Waals surface area contributed by atoms with Crippen LogP contribution in [0.3, 0.4) is 0 Å². The van der Waals surface area contributed by atoms with E-state index in [4.69, 9.17) is 10.2 Å². The number of carbonyl (C=O) groups excluding carboxylic acids is 2. The van der Waals surface area contributed by atoms with Gasteiger partial charge in [0.25, 0.3) is 0 Å². The van der Waals surface area contributed by atoms with Gasteiger partial charge < -0.3 is 20.4 Å². The summed E-state index contributed by atoms with van der Waals surface area (Å²) in [6.45, 7) is 3.57. The number of nitrogens with one attached hydrogen (secondary N) is 1. The quantitative estimate of drug-likeness (QED) is 0.476. The number of rotatable bonds is 11. The van der Waals surface area contributed by atoms with Gasteiger partial charge in [0.1, 0.15) is 6.04 Å². The molecule has 1 atom stereocenters. The van der Waals surface area contributed by atoms with Crippen LogP contribution in [0.5, 0.6) is 0 Å². The first-order valence-corrected chi connectivity index (χ1v) is 7.27. The van der Waals surface area contributed by atoms with Gasteiger partial charge in [0.15, 0.2) is 0 Å². The molecule has 0 aliphatic heterocycles. The van der Waals surface area contributed by atoms with Crippen LogP contribution in [0.1, 0.15) is 46.0 Å². The normalized spacial score (nSPS) is 11.5. The Morgan fingerprint density at radius 1 is 1.14 bits per heavy atom. The van der Waals surface area contributed by atoms with E-state index in [0.29, 0.717) is 6.54 Å². The molecule has 0 aromatic carbocycles. The van der Waals surface area contributed by atoms with Crippen molar-refractivity contribution >= 4 is 23.8 Å². The summed E-state index contributed by atoms with van der Waals surface area (Å²) in [5, 5.41) is 19.8. The lowest BCUT2D eigenvalue weighted by atomic mass is 10.1. The molecular formula is C14H24N2O6. The predicted octanol–water partition coefficient (Wildman–Crippen LogP) is 0.459. The number of carbonyl (C=O) groups is 4. The van der Waals surface area contributed by atoms with Crippen LogP contribution < -0.4 is 5.32 Å². The topological polar surface area (TPSA) is 124 Å². The summed E-state index contributed by atoms with van der Waals surface area (Å²) in [6.07, 6.45) is 2.12. The Morgan fingerprint density at radius 3 is 2.23 bits per heavy atom. The molecule has 126 valence electrons. The highest BCUT2D eigenvalue weighted by Crippen LogP contribution is 2.01. The Bertz CT molecular complexity index is 410. The molecule has 0 unspecified atom stereocenters. The van der Waals surface area contributed by atoms with E-state index >= 15 is 0 Å². The second-order valence-corrected chi connectivity index (χ2v) is 5.04. The van der Waals surface area contributed by atoms with Gasteiger partial charge in [-0.2, -0.15) is 0 Å². The van der Waals surface area contributed by atoms with Crippen molar-refractivity contribution in [3.05, 3.63) is 0 Å². The molecule has 0 radical (unpaired) electrons. The van der Waals surface area contributed by atoms with Crippen LogP contribution >= 0.6 is 0 Å². The van der Waals surface area contributed by atoms with E-state index in [1.165, 1.54) is 11.8 Å². The van der Waals surface area contributed by atoms with Crippen molar-refractivity contribution in [3.8, 4) is 0 Å². The van der Waals surface area contributed by atoms with Gasteiger partial charge in [-0.05, 0) is 12.8 Å². The molecule has 0 fully saturated rings. The van der Waals surface area contributed by atoms with Crippen LogP contribution in [0.15, 0.2) is 0 Å². The molecule has 2 amide bonds. The summed E-state index contributed by atoms with van der Waals surface area (Å²) in [6, 6.07) is -1.27. The van der Waals surface area contributed by atoms with Gasteiger partial charge in [0.05, 0.1) is 6.54 Å². The Balaban J connectivity index is 4.47. The molecule has 0 rings (SSSR count). The molecule has 8 nitrogen and oxygen atoms in total. The standard InChI is InChI=1S/C14H24N2O6/c1-3-4-5-8-16(10(2)17)9-12(18)15-11(14(21)22)6-7-13(19)20/h11H,3-9H2,1-2H3,(H,15,18)(H,19,20)(H,21,22)/t11-/m0/s1. The second kappa shape index (κ2) is 10.6. The van der Waals surface area contributed by atoms with Crippen LogP contribution in [0, 0.1) is 0 Å². The lowest BCUT2D eigenvalue weighted by molar-refractivity contribution is -0.143. The maximum Gasteiger partial charge on any atom is 0.326 e. The van der Waals surface area contributed by atoms with Gasteiger partial charge in [-0.25, -0.2) is 4.79 Å². The zero-order valence-electron chi connectivity index (χ0n) is 13.0. The first-order valence-electron chi connectivity index (χ1n) is 7.27. The molecule has 0 bridgehead atoms. The third-order valence-electron chi connectivity index (χ3n) is 3.09. The fourth-order valence-electron chi connectivity index (χ4n) is 1.84. The predicted molar refractivity (Wildman–Crippen MR) is 78.2 cm³/mol. The fourth-order valence-corrected chi connectivity index (χ4v) is 1.84. The van der Waals surface area contributed by atoms with Crippen molar-refractivity contribution in [2.75, 3.05) is 13.1 Å². The fraction of sp³-hybridized carbons (Fsp3) is 0.714. The second-order valence-electron chi connectivity index (χ2n) is 5.04. The van der Waals surface area contributed by atoms with Crippen molar-refractivity contribution in [1.29, 1.82) is 0 Å². The highest BCUT2D eigenvalue weighted by molar-refractivity contribution is 5.87. The number of carboxylic acids is 2. The van der Waals surface area contributed by atoms with Gasteiger partial charge in [-0.3, -0.25) is 14.4 Å². The van der Waals surface area contributed by atoms with Gasteiger partial charge in [-0.1, -0.05) is 19.8 Å². The van der Waals surface area contributed by atoms with Gasteiger partial charge in [0.2, 0.25) is 11.8 Å². The molecule has 8 heteroatoms. The summed E-state index contributed by atoms with van der Waals surface area (Å²) in [5.74, 6) is -3.30. The number of nitrogens with zero attached hydrogens (tertiary/aromatic N) is 1. The summed E-state index contributed by atoms with van der Waals surface area (Å²) in [4.78, 5) is 46.1. The smallest absolute Gasteiger partial charge is 0.326 e. The summed E-state index contributed by atoms with van der Waals surface area (Å²) in [5.41, 5.74) is 0. The number of carboxylic acid groups (broad SMARTS) is 2. The maximum atomic E-state index is 11.8. The third kappa shape index (κ3) is 8.93. The molecule has 3 N–H and O–H groups in total. The molecule has 0 saturated carbocycles. The van der Waals surface area contributed by atoms with Crippen LogP contribution in [0.4, 0.5) is 0 Å². The van der Waals surface area contributed by atoms with Gasteiger partial charge >= 0.3 is 11.9 Å². The Morgan fingerprint density at radius 2 is 1.77 bits per heavy atom. The van der Waals surface area contributed by atoms with Crippen molar-refractivity contribution < 1.29 is 29.4 Å². The SMILES string of the molecule is CCCCCN(CC(=O)N[C@@H](CCC(=O)O)C(=O)O)C(C)=O. The number of unbranched alkanes of at least 4 members (excludes halogenated alkanes) is 2. The van der Waals surface area contributed by atoms with E-state index in [1.54, 1.807) is 0 Å². The van der Waals surface area contributed by atoms with Crippen LogP contribution in [0.2, 0.25) is 0 Å². The molecule has 22 heavy (non-hydrogen) atoms. The van der Waals surface area contributed by atoms with Crippen LogP contribution in [-0.4, -0.2) is 58.0 Å². The molecule has 0 aromatic rings. The summed E-state index contributed by atoms with van der Waals surface area (Å²) < 4.78 is 0. The number of hydrogen-bond acceptors (Lipinski definition) is 4. The minimum atomic E-state index is -1.30. The highest BCUT2D eigenvalue weighted by atomic mass is 16.4. The molecule has 0 aliphatic carbocycles. The van der Waals surface area contributed by atoms with Crippen LogP contribution in [-0.2, 0) is 19.2 Å². The third-order valence-corrected chi connectivity index (χ3v) is 3.09.